The van der Waals surface area contributed by atoms with Gasteiger partial charge in [0.2, 0.25) is 6.41 Å². The fourth-order valence-corrected chi connectivity index (χ4v) is 1.33. The van der Waals surface area contributed by atoms with E-state index in [0.29, 0.717) is 6.41 Å². The molecule has 0 aliphatic rings. The van der Waals surface area contributed by atoms with Crippen molar-refractivity contribution in [1.29, 1.82) is 0 Å². The molecule has 0 rings (SSSR count). The first-order valence-corrected chi connectivity index (χ1v) is 4.77. The highest BCUT2D eigenvalue weighted by Gasteiger charge is 2.41. The van der Waals surface area contributed by atoms with Crippen molar-refractivity contribution in [1.82, 2.24) is 5.48 Å². The summed E-state index contributed by atoms with van der Waals surface area (Å²) in [6.45, 7) is 9.69. The summed E-state index contributed by atoms with van der Waals surface area (Å²) in [5.74, 6) is -0.0819. The lowest BCUT2D eigenvalue weighted by Gasteiger charge is -2.34. The maximum Gasteiger partial charge on any atom is 0.338 e. The third-order valence-electron chi connectivity index (χ3n) is 3.04. The minimum atomic E-state index is -0.573. The van der Waals surface area contributed by atoms with Crippen LogP contribution < -0.4 is 5.48 Å². The van der Waals surface area contributed by atoms with E-state index in [0.717, 1.165) is 0 Å². The second kappa shape index (κ2) is 4.98. The van der Waals surface area contributed by atoms with Crippen LogP contribution in [0.2, 0.25) is 0 Å². The van der Waals surface area contributed by atoms with Crippen LogP contribution in [0.3, 0.4) is 0 Å². The molecule has 0 aliphatic heterocycles. The fraction of sp³-hybridized carbons (Fsp3) is 0.800. The van der Waals surface area contributed by atoms with Crippen LogP contribution in [0.25, 0.3) is 0 Å². The SMILES string of the molecule is CC(C)C(C)(C(=O)ONC=O)C(C)C. The molecule has 0 radical (unpaired) electrons. The first-order chi connectivity index (χ1) is 6.37. The van der Waals surface area contributed by atoms with Crippen molar-refractivity contribution in [2.75, 3.05) is 0 Å². The summed E-state index contributed by atoms with van der Waals surface area (Å²) in [5, 5.41) is 0. The number of hydroxylamine groups is 1. The van der Waals surface area contributed by atoms with Crippen LogP contribution in [0.5, 0.6) is 0 Å². The number of nitrogens with one attached hydrogen (secondary N) is 1. The van der Waals surface area contributed by atoms with Crippen LogP contribution >= 0.6 is 0 Å². The Kier molecular flexibility index (Phi) is 4.60. The normalized spacial score (nSPS) is 11.6. The molecule has 4 nitrogen and oxygen atoms in total. The van der Waals surface area contributed by atoms with E-state index < -0.39 is 11.4 Å². The summed E-state index contributed by atoms with van der Waals surface area (Å²) >= 11 is 0. The lowest BCUT2D eigenvalue weighted by atomic mass is 9.71. The van der Waals surface area contributed by atoms with Gasteiger partial charge in [-0.2, -0.15) is 5.48 Å². The minimum absolute atomic E-state index is 0.156. The third-order valence-corrected chi connectivity index (χ3v) is 3.04. The van der Waals surface area contributed by atoms with E-state index in [1.807, 2.05) is 40.1 Å². The van der Waals surface area contributed by atoms with Gasteiger partial charge < -0.3 is 4.84 Å². The Morgan fingerprint density at radius 2 is 1.71 bits per heavy atom. The molecule has 14 heavy (non-hydrogen) atoms. The van der Waals surface area contributed by atoms with E-state index in [9.17, 15) is 9.59 Å². The molecule has 1 amide bonds. The van der Waals surface area contributed by atoms with Crippen molar-refractivity contribution in [3.8, 4) is 0 Å². The largest absolute Gasteiger partial charge is 0.340 e. The number of amides is 1. The van der Waals surface area contributed by atoms with Gasteiger partial charge in [0.15, 0.2) is 0 Å². The molecule has 0 unspecified atom stereocenters. The molecule has 0 saturated heterocycles. The van der Waals surface area contributed by atoms with E-state index >= 15 is 0 Å². The average Bonchev–Trinajstić information content (AvgIpc) is 2.11. The number of carbonyl (C=O) groups is 2. The number of hydrogen-bond donors (Lipinski definition) is 1. The second-order valence-corrected chi connectivity index (χ2v) is 4.22. The first-order valence-electron chi connectivity index (χ1n) is 4.77. The maximum absolute atomic E-state index is 11.7. The van der Waals surface area contributed by atoms with Gasteiger partial charge in [0.05, 0.1) is 5.41 Å². The fourth-order valence-electron chi connectivity index (χ4n) is 1.33. The van der Waals surface area contributed by atoms with Crippen LogP contribution in [0.1, 0.15) is 34.6 Å². The van der Waals surface area contributed by atoms with Gasteiger partial charge >= 0.3 is 5.97 Å². The van der Waals surface area contributed by atoms with Gasteiger partial charge in [-0.25, -0.2) is 4.79 Å². The van der Waals surface area contributed by atoms with Gasteiger partial charge in [-0.3, -0.25) is 4.79 Å². The van der Waals surface area contributed by atoms with Crippen molar-refractivity contribution in [2.24, 2.45) is 17.3 Å². The van der Waals surface area contributed by atoms with Crippen LogP contribution in [-0.4, -0.2) is 12.4 Å². The Bertz CT molecular complexity index is 203. The van der Waals surface area contributed by atoms with E-state index in [2.05, 4.69) is 4.84 Å². The minimum Gasteiger partial charge on any atom is -0.340 e. The molecule has 0 heterocycles. The average molecular weight is 201 g/mol. The van der Waals surface area contributed by atoms with Crippen molar-refractivity contribution in [2.45, 2.75) is 34.6 Å². The number of rotatable bonds is 5. The summed E-state index contributed by atoms with van der Waals surface area (Å²) in [7, 11) is 0. The summed E-state index contributed by atoms with van der Waals surface area (Å²) < 4.78 is 0. The zero-order valence-corrected chi connectivity index (χ0v) is 9.46. The van der Waals surface area contributed by atoms with Crippen LogP contribution in [-0.2, 0) is 14.4 Å². The lowest BCUT2D eigenvalue weighted by Crippen LogP contribution is -2.41. The molecule has 0 aromatic carbocycles. The van der Waals surface area contributed by atoms with Crippen molar-refractivity contribution >= 4 is 12.4 Å². The molecular weight excluding hydrogens is 182 g/mol. The molecule has 0 aliphatic carbocycles. The summed E-state index contributed by atoms with van der Waals surface area (Å²) in [5.41, 5.74) is 1.36. The first kappa shape index (κ1) is 12.9. The van der Waals surface area contributed by atoms with Gasteiger partial charge in [-0.15, -0.1) is 0 Å². The standard InChI is InChI=1S/C10H19NO3/c1-7(2)10(5,8(3)4)9(13)14-11-6-12/h6-8H,1-5H3,(H,11,12). The monoisotopic (exact) mass is 201 g/mol. The Morgan fingerprint density at radius 3 is 2.00 bits per heavy atom. The highest BCUT2D eigenvalue weighted by atomic mass is 16.7. The Labute approximate surface area is 85.0 Å². The molecule has 0 bridgehead atoms. The lowest BCUT2D eigenvalue weighted by molar-refractivity contribution is -0.170. The van der Waals surface area contributed by atoms with Gasteiger partial charge in [0, 0.05) is 0 Å². The maximum atomic E-state index is 11.7. The predicted octanol–water partition coefficient (Wildman–Crippen LogP) is 1.51. The van der Waals surface area contributed by atoms with Crippen LogP contribution in [0.4, 0.5) is 0 Å². The molecule has 0 saturated carbocycles. The molecule has 0 fully saturated rings. The van der Waals surface area contributed by atoms with E-state index in [4.69, 9.17) is 0 Å². The predicted molar refractivity (Wildman–Crippen MR) is 53.1 cm³/mol. The molecular formula is C10H19NO3. The molecule has 1 N–H and O–H groups in total. The van der Waals surface area contributed by atoms with Crippen LogP contribution in [0, 0.1) is 17.3 Å². The molecule has 0 aromatic heterocycles. The molecule has 0 atom stereocenters. The van der Waals surface area contributed by atoms with Gasteiger partial charge in [-0.05, 0) is 18.8 Å². The Balaban J connectivity index is 4.65. The summed E-state index contributed by atoms with van der Waals surface area (Å²) in [4.78, 5) is 26.3. The Hall–Kier alpha value is -1.06. The number of carbonyl (C=O) groups excluding carboxylic acids is 2. The Morgan fingerprint density at radius 1 is 1.29 bits per heavy atom. The number of hydrogen-bond acceptors (Lipinski definition) is 3. The highest BCUT2D eigenvalue weighted by Crippen LogP contribution is 2.36. The molecule has 4 heteroatoms. The molecule has 0 spiro atoms. The topological polar surface area (TPSA) is 55.4 Å². The van der Waals surface area contributed by atoms with Crippen LogP contribution in [0.15, 0.2) is 0 Å². The highest BCUT2D eigenvalue weighted by molar-refractivity contribution is 5.77. The molecule has 0 aromatic rings. The van der Waals surface area contributed by atoms with E-state index in [-0.39, 0.29) is 11.8 Å². The molecule has 82 valence electrons. The summed E-state index contributed by atoms with van der Waals surface area (Å²) in [6, 6.07) is 0. The smallest absolute Gasteiger partial charge is 0.338 e. The zero-order chi connectivity index (χ0) is 11.4. The van der Waals surface area contributed by atoms with E-state index in [1.54, 1.807) is 0 Å². The zero-order valence-electron chi connectivity index (χ0n) is 9.46. The second-order valence-electron chi connectivity index (χ2n) is 4.22. The van der Waals surface area contributed by atoms with Gasteiger partial charge in [-0.1, -0.05) is 27.7 Å². The van der Waals surface area contributed by atoms with E-state index in [1.165, 1.54) is 0 Å². The van der Waals surface area contributed by atoms with Crippen molar-refractivity contribution in [3.63, 3.8) is 0 Å². The summed E-state index contributed by atoms with van der Waals surface area (Å²) in [6.07, 6.45) is 0.346. The van der Waals surface area contributed by atoms with Gasteiger partial charge in [0.1, 0.15) is 0 Å². The van der Waals surface area contributed by atoms with Gasteiger partial charge in [0.25, 0.3) is 0 Å². The van der Waals surface area contributed by atoms with Crippen molar-refractivity contribution in [3.05, 3.63) is 0 Å². The van der Waals surface area contributed by atoms with Crippen molar-refractivity contribution < 1.29 is 14.4 Å². The quantitative estimate of drug-likeness (QED) is 0.542. The third kappa shape index (κ3) is 2.47.